The first-order chi connectivity index (χ1) is 16.3. The Hall–Kier alpha value is -4.23. The summed E-state index contributed by atoms with van der Waals surface area (Å²) in [7, 11) is 0. The van der Waals surface area contributed by atoms with Gasteiger partial charge in [-0.2, -0.15) is 0 Å². The molecule has 0 unspecified atom stereocenters. The van der Waals surface area contributed by atoms with Gasteiger partial charge in [0.1, 0.15) is 0 Å². The smallest absolute Gasteiger partial charge is 0.0793 e. The van der Waals surface area contributed by atoms with Crippen LogP contribution in [-0.2, 0) is 0 Å². The molecule has 0 saturated heterocycles. The van der Waals surface area contributed by atoms with Gasteiger partial charge in [0.25, 0.3) is 0 Å². The molecule has 1 aliphatic rings. The van der Waals surface area contributed by atoms with Crippen molar-refractivity contribution in [3.63, 3.8) is 0 Å². The SMILES string of the molecule is Cc1ccc2c3c(cccc13)-c1c-2c(-c2ccccc2)c2cccnc2c1-c1ccccc1. The molecular weight excluding hydrogens is 398 g/mol. The van der Waals surface area contributed by atoms with Crippen molar-refractivity contribution in [1.29, 1.82) is 0 Å². The third kappa shape index (κ3) is 2.51. The third-order valence-electron chi connectivity index (χ3n) is 6.99. The van der Waals surface area contributed by atoms with Gasteiger partial charge in [-0.1, -0.05) is 97.1 Å². The van der Waals surface area contributed by atoms with Crippen molar-refractivity contribution < 1.29 is 0 Å². The van der Waals surface area contributed by atoms with Crippen LogP contribution in [0.3, 0.4) is 0 Å². The van der Waals surface area contributed by atoms with E-state index in [1.807, 2.05) is 6.20 Å². The zero-order chi connectivity index (χ0) is 21.9. The first-order valence-electron chi connectivity index (χ1n) is 11.4. The van der Waals surface area contributed by atoms with Crippen molar-refractivity contribution in [3.05, 3.63) is 115 Å². The van der Waals surface area contributed by atoms with Gasteiger partial charge in [0.2, 0.25) is 0 Å². The minimum absolute atomic E-state index is 1.06. The first-order valence-corrected chi connectivity index (χ1v) is 11.4. The summed E-state index contributed by atoms with van der Waals surface area (Å²) < 4.78 is 0. The van der Waals surface area contributed by atoms with E-state index in [9.17, 15) is 0 Å². The summed E-state index contributed by atoms with van der Waals surface area (Å²) in [5.41, 5.74) is 12.6. The van der Waals surface area contributed by atoms with E-state index in [-0.39, 0.29) is 0 Å². The van der Waals surface area contributed by atoms with Crippen LogP contribution in [0.2, 0.25) is 0 Å². The number of rotatable bonds is 2. The number of aryl methyl sites for hydroxylation is 1. The summed E-state index contributed by atoms with van der Waals surface area (Å²) in [6, 6.07) is 37.1. The summed E-state index contributed by atoms with van der Waals surface area (Å²) in [5, 5.41) is 3.89. The highest BCUT2D eigenvalue weighted by atomic mass is 14.7. The Balaban J connectivity index is 1.78. The molecule has 6 aromatic rings. The zero-order valence-corrected chi connectivity index (χ0v) is 18.3. The van der Waals surface area contributed by atoms with Gasteiger partial charge < -0.3 is 0 Å². The van der Waals surface area contributed by atoms with E-state index in [0.717, 1.165) is 5.52 Å². The number of hydrogen-bond donors (Lipinski definition) is 0. The van der Waals surface area contributed by atoms with E-state index < -0.39 is 0 Å². The fourth-order valence-corrected chi connectivity index (χ4v) is 5.61. The van der Waals surface area contributed by atoms with Crippen molar-refractivity contribution in [2.45, 2.75) is 6.92 Å². The van der Waals surface area contributed by atoms with Crippen molar-refractivity contribution in [2.75, 3.05) is 0 Å². The fourth-order valence-electron chi connectivity index (χ4n) is 5.61. The highest BCUT2D eigenvalue weighted by Crippen LogP contribution is 2.57. The Labute approximate surface area is 193 Å². The Morgan fingerprint density at radius 1 is 0.485 bits per heavy atom. The molecule has 1 heterocycles. The molecule has 0 spiro atoms. The van der Waals surface area contributed by atoms with E-state index >= 15 is 0 Å². The first kappa shape index (κ1) is 18.4. The molecule has 1 heteroatoms. The Bertz CT molecular complexity index is 1600. The minimum atomic E-state index is 1.06. The lowest BCUT2D eigenvalue weighted by Gasteiger charge is -2.19. The molecule has 0 aliphatic heterocycles. The van der Waals surface area contributed by atoms with Crippen LogP contribution in [0.5, 0.6) is 0 Å². The second kappa shape index (κ2) is 6.88. The van der Waals surface area contributed by atoms with Crippen molar-refractivity contribution >= 4 is 21.7 Å². The van der Waals surface area contributed by atoms with Crippen molar-refractivity contribution in [1.82, 2.24) is 4.98 Å². The lowest BCUT2D eigenvalue weighted by molar-refractivity contribution is 1.41. The van der Waals surface area contributed by atoms with Crippen LogP contribution < -0.4 is 0 Å². The summed E-state index contributed by atoms with van der Waals surface area (Å²) in [4.78, 5) is 4.97. The molecule has 0 saturated carbocycles. The fraction of sp³-hybridized carbons (Fsp3) is 0.0312. The normalized spacial score (nSPS) is 11.8. The van der Waals surface area contributed by atoms with Gasteiger partial charge in [0.15, 0.2) is 0 Å². The molecule has 0 atom stereocenters. The Kier molecular flexibility index (Phi) is 3.83. The largest absolute Gasteiger partial charge is 0.256 e. The van der Waals surface area contributed by atoms with Crippen LogP contribution in [0.25, 0.3) is 66.2 Å². The van der Waals surface area contributed by atoms with Crippen LogP contribution in [0, 0.1) is 6.92 Å². The molecule has 1 aliphatic carbocycles. The molecule has 1 aromatic heterocycles. The van der Waals surface area contributed by atoms with Gasteiger partial charge in [0, 0.05) is 22.7 Å². The molecule has 7 rings (SSSR count). The molecule has 0 amide bonds. The van der Waals surface area contributed by atoms with Gasteiger partial charge in [-0.05, 0) is 62.7 Å². The maximum absolute atomic E-state index is 4.97. The van der Waals surface area contributed by atoms with Gasteiger partial charge in [-0.25, -0.2) is 0 Å². The van der Waals surface area contributed by atoms with Crippen LogP contribution in [0.1, 0.15) is 5.56 Å². The molecular formula is C32H21N. The van der Waals surface area contributed by atoms with Crippen LogP contribution in [0.15, 0.2) is 109 Å². The van der Waals surface area contributed by atoms with Gasteiger partial charge >= 0.3 is 0 Å². The molecule has 0 radical (unpaired) electrons. The van der Waals surface area contributed by atoms with Crippen LogP contribution >= 0.6 is 0 Å². The number of fused-ring (bicyclic) bond motifs is 4. The summed E-state index contributed by atoms with van der Waals surface area (Å²) in [5.74, 6) is 0. The number of benzene rings is 5. The summed E-state index contributed by atoms with van der Waals surface area (Å²) >= 11 is 0. The molecule has 0 bridgehead atoms. The Morgan fingerprint density at radius 3 is 1.88 bits per heavy atom. The lowest BCUT2D eigenvalue weighted by atomic mass is 9.84. The number of nitrogens with zero attached hydrogens (tertiary/aromatic N) is 1. The number of pyridine rings is 1. The minimum Gasteiger partial charge on any atom is -0.256 e. The maximum atomic E-state index is 4.97. The molecule has 33 heavy (non-hydrogen) atoms. The van der Waals surface area contributed by atoms with Gasteiger partial charge in [-0.15, -0.1) is 0 Å². The van der Waals surface area contributed by atoms with E-state index in [2.05, 4.69) is 110 Å². The summed E-state index contributed by atoms with van der Waals surface area (Å²) in [6.07, 6.45) is 1.92. The number of hydrogen-bond acceptors (Lipinski definition) is 1. The van der Waals surface area contributed by atoms with E-state index in [0.29, 0.717) is 0 Å². The van der Waals surface area contributed by atoms with Gasteiger partial charge in [0.05, 0.1) is 5.52 Å². The molecule has 0 N–H and O–H groups in total. The second-order valence-electron chi connectivity index (χ2n) is 8.79. The van der Waals surface area contributed by atoms with E-state index in [1.54, 1.807) is 0 Å². The standard InChI is InChI=1S/C32H21N/c1-20-17-18-25-29-23(20)14-8-15-24(29)31-28(22-12-6-3-7-13-22)32-26(16-9-19-33-32)27(30(25)31)21-10-4-2-5-11-21/h2-19H,1H3. The average molecular weight is 420 g/mol. The average Bonchev–Trinajstić information content (AvgIpc) is 3.21. The third-order valence-corrected chi connectivity index (χ3v) is 6.99. The summed E-state index contributed by atoms with van der Waals surface area (Å²) in [6.45, 7) is 2.21. The molecule has 154 valence electrons. The molecule has 0 fully saturated rings. The maximum Gasteiger partial charge on any atom is 0.0793 e. The van der Waals surface area contributed by atoms with Crippen LogP contribution in [0.4, 0.5) is 0 Å². The highest BCUT2D eigenvalue weighted by molar-refractivity contribution is 6.27. The topological polar surface area (TPSA) is 12.9 Å². The predicted molar refractivity (Wildman–Crippen MR) is 139 cm³/mol. The van der Waals surface area contributed by atoms with E-state index in [4.69, 9.17) is 4.98 Å². The monoisotopic (exact) mass is 419 g/mol. The lowest BCUT2D eigenvalue weighted by Crippen LogP contribution is -1.95. The second-order valence-corrected chi connectivity index (χ2v) is 8.79. The quantitative estimate of drug-likeness (QED) is 0.273. The predicted octanol–water partition coefficient (Wildman–Crippen LogP) is 8.68. The molecule has 1 nitrogen and oxygen atoms in total. The highest BCUT2D eigenvalue weighted by Gasteiger charge is 2.30. The number of aromatic nitrogens is 1. The zero-order valence-electron chi connectivity index (χ0n) is 18.3. The van der Waals surface area contributed by atoms with Crippen LogP contribution in [-0.4, -0.2) is 4.98 Å². The Morgan fingerprint density at radius 2 is 1.12 bits per heavy atom. The van der Waals surface area contributed by atoms with Gasteiger partial charge in [-0.3, -0.25) is 4.98 Å². The molecule has 5 aromatic carbocycles. The van der Waals surface area contributed by atoms with Crippen molar-refractivity contribution in [3.8, 4) is 44.5 Å². The van der Waals surface area contributed by atoms with E-state index in [1.165, 1.54) is 66.2 Å². The van der Waals surface area contributed by atoms with Crippen molar-refractivity contribution in [2.24, 2.45) is 0 Å².